The highest BCUT2D eigenvalue weighted by Crippen LogP contribution is 2.24. The largest absolute Gasteiger partial charge is 0.355 e. The van der Waals surface area contributed by atoms with Crippen LogP contribution in [-0.4, -0.2) is 66.6 Å². The van der Waals surface area contributed by atoms with Gasteiger partial charge in [0.15, 0.2) is 0 Å². The molecule has 2 N–H and O–H groups in total. The number of fused-ring (bicyclic) bond motifs is 1. The lowest BCUT2D eigenvalue weighted by molar-refractivity contribution is -0.125. The van der Waals surface area contributed by atoms with E-state index in [9.17, 15) is 4.79 Å². The molecule has 30 heavy (non-hydrogen) atoms. The van der Waals surface area contributed by atoms with Crippen LogP contribution in [0.3, 0.4) is 0 Å². The monoisotopic (exact) mass is 408 g/mol. The maximum Gasteiger partial charge on any atom is 0.237 e. The van der Waals surface area contributed by atoms with E-state index in [2.05, 4.69) is 69.8 Å². The van der Waals surface area contributed by atoms with Crippen LogP contribution < -0.4 is 10.6 Å². The number of amides is 1. The summed E-state index contributed by atoms with van der Waals surface area (Å²) in [6, 6.07) is 16.1. The summed E-state index contributed by atoms with van der Waals surface area (Å²) in [6.07, 6.45) is 3.31. The van der Waals surface area contributed by atoms with Crippen molar-refractivity contribution in [2.24, 2.45) is 0 Å². The smallest absolute Gasteiger partial charge is 0.237 e. The molecule has 2 fully saturated rings. The Kier molecular flexibility index (Phi) is 7.03. The summed E-state index contributed by atoms with van der Waals surface area (Å²) in [5.41, 5.74) is 1.28. The van der Waals surface area contributed by atoms with Gasteiger partial charge in [-0.2, -0.15) is 0 Å². The minimum Gasteiger partial charge on any atom is -0.355 e. The van der Waals surface area contributed by atoms with Crippen molar-refractivity contribution < 1.29 is 4.79 Å². The lowest BCUT2D eigenvalue weighted by atomic mass is 10.0. The molecule has 0 saturated carbocycles. The van der Waals surface area contributed by atoms with Gasteiger partial charge in [0.25, 0.3) is 0 Å². The van der Waals surface area contributed by atoms with Crippen molar-refractivity contribution in [3.8, 4) is 0 Å². The molecule has 0 aliphatic carbocycles. The van der Waals surface area contributed by atoms with Crippen LogP contribution in [0.15, 0.2) is 42.5 Å². The third kappa shape index (κ3) is 5.02. The fraction of sp³-hybridized carbons (Fsp3) is 0.560. The molecule has 0 radical (unpaired) electrons. The van der Waals surface area contributed by atoms with Gasteiger partial charge in [-0.15, -0.1) is 0 Å². The zero-order valence-electron chi connectivity index (χ0n) is 18.4. The van der Waals surface area contributed by atoms with Crippen LogP contribution >= 0.6 is 0 Å². The third-order valence-electron chi connectivity index (χ3n) is 6.76. The zero-order chi connectivity index (χ0) is 20.9. The Morgan fingerprint density at radius 1 is 1.03 bits per heavy atom. The Balaban J connectivity index is 1.43. The van der Waals surface area contributed by atoms with Gasteiger partial charge in [0, 0.05) is 31.7 Å². The van der Waals surface area contributed by atoms with Crippen molar-refractivity contribution in [1.29, 1.82) is 0 Å². The van der Waals surface area contributed by atoms with Gasteiger partial charge in [0.05, 0.1) is 6.04 Å². The number of hydrogen-bond donors (Lipinski definition) is 2. The average Bonchev–Trinajstić information content (AvgIpc) is 3.16. The molecule has 2 aliphatic heterocycles. The normalized spacial score (nSPS) is 23.8. The highest BCUT2D eigenvalue weighted by Gasteiger charge is 2.37. The third-order valence-corrected chi connectivity index (χ3v) is 6.76. The summed E-state index contributed by atoms with van der Waals surface area (Å²) in [7, 11) is 0. The molecule has 2 saturated heterocycles. The molecule has 5 heteroatoms. The molecule has 162 valence electrons. The van der Waals surface area contributed by atoms with E-state index in [4.69, 9.17) is 0 Å². The van der Waals surface area contributed by atoms with Gasteiger partial charge < -0.3 is 15.5 Å². The van der Waals surface area contributed by atoms with Gasteiger partial charge in [-0.05, 0) is 68.2 Å². The molecule has 1 amide bonds. The van der Waals surface area contributed by atoms with Crippen LogP contribution in [0.25, 0.3) is 10.8 Å². The molecular formula is C25H36N4O. The van der Waals surface area contributed by atoms with Crippen LogP contribution in [0, 0.1) is 0 Å². The van der Waals surface area contributed by atoms with E-state index in [-0.39, 0.29) is 11.9 Å². The van der Waals surface area contributed by atoms with Crippen molar-refractivity contribution in [3.05, 3.63) is 48.0 Å². The summed E-state index contributed by atoms with van der Waals surface area (Å²) in [6.45, 7) is 10.2. The number of piperidine rings is 1. The van der Waals surface area contributed by atoms with E-state index in [0.717, 1.165) is 26.1 Å². The van der Waals surface area contributed by atoms with Crippen LogP contribution in [-0.2, 0) is 11.3 Å². The van der Waals surface area contributed by atoms with Gasteiger partial charge in [-0.1, -0.05) is 43.3 Å². The van der Waals surface area contributed by atoms with E-state index < -0.39 is 0 Å². The Morgan fingerprint density at radius 2 is 1.80 bits per heavy atom. The van der Waals surface area contributed by atoms with Gasteiger partial charge >= 0.3 is 0 Å². The average molecular weight is 409 g/mol. The number of rotatable bonds is 7. The number of nitrogens with one attached hydrogen (secondary N) is 2. The first kappa shape index (κ1) is 21.3. The first-order valence-electron chi connectivity index (χ1n) is 11.6. The molecule has 2 atom stereocenters. The summed E-state index contributed by atoms with van der Waals surface area (Å²) in [4.78, 5) is 17.7. The standard InChI is InChI=1S/C25H36N4O/c1-3-26-25(30)24-16-23(27-22-11-13-28(4-2)14-12-22)18-29(24)17-19-9-10-20-7-5-6-8-21(20)15-19/h5-10,15,22-24,27H,3-4,11-14,16-18H2,1-2H3,(H,26,30)/t23-,24+/m1/s1. The minimum absolute atomic E-state index is 0.0512. The van der Waals surface area contributed by atoms with E-state index in [1.54, 1.807) is 0 Å². The lowest BCUT2D eigenvalue weighted by Gasteiger charge is -2.33. The van der Waals surface area contributed by atoms with Crippen molar-refractivity contribution >= 4 is 16.7 Å². The summed E-state index contributed by atoms with van der Waals surface area (Å²) >= 11 is 0. The SMILES string of the molecule is CCNC(=O)[C@@H]1C[C@@H](NC2CCN(CC)CC2)CN1Cc1ccc2ccccc2c1. The molecule has 2 aliphatic rings. The van der Waals surface area contributed by atoms with E-state index in [1.807, 2.05) is 6.92 Å². The number of likely N-dealkylation sites (N-methyl/N-ethyl adjacent to an activating group) is 1. The topological polar surface area (TPSA) is 47.6 Å². The highest BCUT2D eigenvalue weighted by atomic mass is 16.2. The molecular weight excluding hydrogens is 372 g/mol. The molecule has 0 bridgehead atoms. The Morgan fingerprint density at radius 3 is 2.53 bits per heavy atom. The van der Waals surface area contributed by atoms with Crippen LogP contribution in [0.1, 0.15) is 38.7 Å². The second-order valence-electron chi connectivity index (χ2n) is 8.83. The Hall–Kier alpha value is -1.95. The first-order chi connectivity index (χ1) is 14.7. The molecule has 2 heterocycles. The predicted molar refractivity (Wildman–Crippen MR) is 124 cm³/mol. The number of hydrogen-bond acceptors (Lipinski definition) is 4. The molecule has 0 aromatic heterocycles. The van der Waals surface area contributed by atoms with E-state index in [0.29, 0.717) is 18.6 Å². The van der Waals surface area contributed by atoms with Crippen molar-refractivity contribution in [3.63, 3.8) is 0 Å². The summed E-state index contributed by atoms with van der Waals surface area (Å²) in [5.74, 6) is 0.170. The second-order valence-corrected chi connectivity index (χ2v) is 8.83. The van der Waals surface area contributed by atoms with Crippen molar-refractivity contribution in [1.82, 2.24) is 20.4 Å². The number of likely N-dealkylation sites (tertiary alicyclic amines) is 2. The van der Waals surface area contributed by atoms with Crippen molar-refractivity contribution in [2.45, 2.75) is 57.8 Å². The maximum absolute atomic E-state index is 12.8. The number of carbonyl (C=O) groups excluding carboxylic acids is 1. The quantitative estimate of drug-likeness (QED) is 0.739. The minimum atomic E-state index is -0.0512. The van der Waals surface area contributed by atoms with Gasteiger partial charge in [-0.3, -0.25) is 9.69 Å². The van der Waals surface area contributed by atoms with Crippen LogP contribution in [0.4, 0.5) is 0 Å². The zero-order valence-corrected chi connectivity index (χ0v) is 18.4. The molecule has 2 aromatic rings. The van der Waals surface area contributed by atoms with Gasteiger partial charge in [0.1, 0.15) is 0 Å². The second kappa shape index (κ2) is 9.90. The Bertz CT molecular complexity index is 846. The maximum atomic E-state index is 12.8. The number of carbonyl (C=O) groups is 1. The molecule has 5 nitrogen and oxygen atoms in total. The fourth-order valence-corrected chi connectivity index (χ4v) is 5.08. The fourth-order valence-electron chi connectivity index (χ4n) is 5.08. The predicted octanol–water partition coefficient (Wildman–Crippen LogP) is 2.99. The summed E-state index contributed by atoms with van der Waals surface area (Å²) < 4.78 is 0. The van der Waals surface area contributed by atoms with Gasteiger partial charge in [0.2, 0.25) is 5.91 Å². The Labute approximate surface area is 180 Å². The first-order valence-corrected chi connectivity index (χ1v) is 11.6. The highest BCUT2D eigenvalue weighted by molar-refractivity contribution is 5.83. The van der Waals surface area contributed by atoms with Crippen molar-refractivity contribution in [2.75, 3.05) is 32.7 Å². The van der Waals surface area contributed by atoms with E-state index in [1.165, 1.54) is 42.3 Å². The molecule has 4 rings (SSSR count). The molecule has 0 spiro atoms. The van der Waals surface area contributed by atoms with Crippen LogP contribution in [0.5, 0.6) is 0 Å². The van der Waals surface area contributed by atoms with Crippen LogP contribution in [0.2, 0.25) is 0 Å². The number of nitrogens with zero attached hydrogens (tertiary/aromatic N) is 2. The molecule has 2 aromatic carbocycles. The number of benzene rings is 2. The van der Waals surface area contributed by atoms with Gasteiger partial charge in [-0.25, -0.2) is 0 Å². The summed E-state index contributed by atoms with van der Waals surface area (Å²) in [5, 5.41) is 9.47. The molecule has 0 unspecified atom stereocenters. The lowest BCUT2D eigenvalue weighted by Crippen LogP contribution is -2.46. The van der Waals surface area contributed by atoms with E-state index >= 15 is 0 Å².